The fourth-order valence-corrected chi connectivity index (χ4v) is 4.33. The van der Waals surface area contributed by atoms with Gasteiger partial charge in [-0.2, -0.15) is 0 Å². The van der Waals surface area contributed by atoms with E-state index in [0.717, 1.165) is 10.2 Å². The Kier molecular flexibility index (Phi) is 4.95. The summed E-state index contributed by atoms with van der Waals surface area (Å²) in [7, 11) is 0. The van der Waals surface area contributed by atoms with Crippen LogP contribution in [0.3, 0.4) is 0 Å². The highest BCUT2D eigenvalue weighted by atomic mass is 32.1. The maximum atomic E-state index is 12.8. The minimum absolute atomic E-state index is 0.0100. The number of ether oxygens (including phenoxy) is 1. The van der Waals surface area contributed by atoms with Gasteiger partial charge in [-0.1, -0.05) is 29.5 Å². The largest absolute Gasteiger partial charge is 0.467 e. The molecule has 1 aliphatic rings. The van der Waals surface area contributed by atoms with E-state index in [1.165, 1.54) is 17.4 Å². The second-order valence-corrected chi connectivity index (χ2v) is 7.76. The smallest absolute Gasteiger partial charge is 0.274 e. The first kappa shape index (κ1) is 18.4. The van der Waals surface area contributed by atoms with Crippen molar-refractivity contribution >= 4 is 33.1 Å². The summed E-state index contributed by atoms with van der Waals surface area (Å²) in [5.41, 5.74) is 1.70. The van der Waals surface area contributed by atoms with Crippen molar-refractivity contribution < 1.29 is 14.5 Å². The van der Waals surface area contributed by atoms with Crippen LogP contribution in [0.2, 0.25) is 0 Å². The SMILES string of the molecule is Cc1c(C(=O)N2CCC(Oc3nc4ccccc4s3)CC2)cccc1[N+](=O)[O-]. The van der Waals surface area contributed by atoms with Crippen molar-refractivity contribution in [2.24, 2.45) is 0 Å². The molecule has 4 rings (SSSR count). The number of nitro benzene ring substituents is 1. The number of amides is 1. The maximum Gasteiger partial charge on any atom is 0.274 e. The van der Waals surface area contributed by atoms with Gasteiger partial charge in [0.05, 0.1) is 15.1 Å². The van der Waals surface area contributed by atoms with E-state index >= 15 is 0 Å². The Labute approximate surface area is 165 Å². The van der Waals surface area contributed by atoms with Crippen LogP contribution in [-0.4, -0.2) is 39.9 Å². The van der Waals surface area contributed by atoms with Crippen LogP contribution >= 0.6 is 11.3 Å². The number of para-hydroxylation sites is 1. The monoisotopic (exact) mass is 397 g/mol. The summed E-state index contributed by atoms with van der Waals surface area (Å²) in [6.07, 6.45) is 1.42. The standard InChI is InChI=1S/C20H19N3O4S/c1-13-15(5-4-7-17(13)23(25)26)19(24)22-11-9-14(10-12-22)27-20-21-16-6-2-3-8-18(16)28-20/h2-8,14H,9-12H2,1H3. The van der Waals surface area contributed by atoms with Crippen LogP contribution in [-0.2, 0) is 0 Å². The van der Waals surface area contributed by atoms with E-state index in [0.29, 0.717) is 42.3 Å². The van der Waals surface area contributed by atoms with Crippen LogP contribution in [0.25, 0.3) is 10.2 Å². The number of rotatable bonds is 4. The number of aromatic nitrogens is 1. The van der Waals surface area contributed by atoms with Crippen LogP contribution < -0.4 is 4.74 Å². The Morgan fingerprint density at radius 1 is 1.21 bits per heavy atom. The van der Waals surface area contributed by atoms with E-state index in [-0.39, 0.29) is 17.7 Å². The average molecular weight is 397 g/mol. The van der Waals surface area contributed by atoms with Gasteiger partial charge in [0.15, 0.2) is 0 Å². The normalized spacial score (nSPS) is 15.0. The van der Waals surface area contributed by atoms with Crippen LogP contribution in [0.1, 0.15) is 28.8 Å². The Morgan fingerprint density at radius 2 is 1.96 bits per heavy atom. The number of hydrogen-bond acceptors (Lipinski definition) is 6. The zero-order valence-electron chi connectivity index (χ0n) is 15.3. The van der Waals surface area contributed by atoms with Crippen LogP contribution in [0.5, 0.6) is 5.19 Å². The molecule has 1 amide bonds. The molecule has 0 saturated carbocycles. The number of nitrogens with zero attached hydrogens (tertiary/aromatic N) is 3. The van der Waals surface area contributed by atoms with Crippen molar-refractivity contribution in [3.63, 3.8) is 0 Å². The highest BCUT2D eigenvalue weighted by Crippen LogP contribution is 2.30. The summed E-state index contributed by atoms with van der Waals surface area (Å²) in [4.78, 5) is 29.7. The van der Waals surface area contributed by atoms with E-state index in [2.05, 4.69) is 4.98 Å². The number of carbonyl (C=O) groups excluding carboxylic acids is 1. The second-order valence-electron chi connectivity index (χ2n) is 6.76. The van der Waals surface area contributed by atoms with Gasteiger partial charge in [-0.05, 0) is 25.1 Å². The molecule has 0 aliphatic carbocycles. The summed E-state index contributed by atoms with van der Waals surface area (Å²) < 4.78 is 7.12. The summed E-state index contributed by atoms with van der Waals surface area (Å²) in [6, 6.07) is 12.5. The fraction of sp³-hybridized carbons (Fsp3) is 0.300. The van der Waals surface area contributed by atoms with Gasteiger partial charge in [-0.3, -0.25) is 14.9 Å². The lowest BCUT2D eigenvalue weighted by Gasteiger charge is -2.31. The third kappa shape index (κ3) is 3.55. The van der Waals surface area contributed by atoms with Gasteiger partial charge < -0.3 is 9.64 Å². The Morgan fingerprint density at radius 3 is 2.68 bits per heavy atom. The average Bonchev–Trinajstić information content (AvgIpc) is 3.10. The second kappa shape index (κ2) is 7.55. The Balaban J connectivity index is 1.40. The molecule has 0 radical (unpaired) electrons. The van der Waals surface area contributed by atoms with E-state index in [9.17, 15) is 14.9 Å². The molecule has 1 saturated heterocycles. The predicted octanol–water partition coefficient (Wildman–Crippen LogP) is 4.20. The maximum absolute atomic E-state index is 12.8. The zero-order chi connectivity index (χ0) is 19.7. The van der Waals surface area contributed by atoms with Crippen LogP contribution in [0.4, 0.5) is 5.69 Å². The van der Waals surface area contributed by atoms with Crippen LogP contribution in [0.15, 0.2) is 42.5 Å². The lowest BCUT2D eigenvalue weighted by atomic mass is 10.0. The van der Waals surface area contributed by atoms with Gasteiger partial charge in [0.25, 0.3) is 16.8 Å². The third-order valence-corrected chi connectivity index (χ3v) is 5.93. The van der Waals surface area contributed by atoms with Crippen molar-refractivity contribution in [3.8, 4) is 5.19 Å². The predicted molar refractivity (Wildman–Crippen MR) is 107 cm³/mol. The van der Waals surface area contributed by atoms with Gasteiger partial charge >= 0.3 is 0 Å². The highest BCUT2D eigenvalue weighted by Gasteiger charge is 2.27. The molecule has 8 heteroatoms. The summed E-state index contributed by atoms with van der Waals surface area (Å²) >= 11 is 1.52. The lowest BCUT2D eigenvalue weighted by Crippen LogP contribution is -2.42. The van der Waals surface area contributed by atoms with Crippen molar-refractivity contribution in [2.45, 2.75) is 25.9 Å². The minimum atomic E-state index is -0.454. The molecule has 2 heterocycles. The topological polar surface area (TPSA) is 85.6 Å². The molecular formula is C20H19N3O4S. The molecule has 1 fully saturated rings. The molecule has 0 unspecified atom stereocenters. The molecule has 2 aromatic carbocycles. The molecular weight excluding hydrogens is 378 g/mol. The molecule has 144 valence electrons. The number of likely N-dealkylation sites (tertiary alicyclic amines) is 1. The Hall–Kier alpha value is -3.00. The molecule has 1 aliphatic heterocycles. The number of hydrogen-bond donors (Lipinski definition) is 0. The fourth-order valence-electron chi connectivity index (χ4n) is 3.44. The van der Waals surface area contributed by atoms with Gasteiger partial charge in [0, 0.05) is 43.1 Å². The number of benzene rings is 2. The van der Waals surface area contributed by atoms with E-state index in [4.69, 9.17) is 4.74 Å². The molecule has 0 N–H and O–H groups in total. The number of piperidine rings is 1. The quantitative estimate of drug-likeness (QED) is 0.487. The first-order valence-electron chi connectivity index (χ1n) is 9.08. The number of nitro groups is 1. The first-order valence-corrected chi connectivity index (χ1v) is 9.90. The van der Waals surface area contributed by atoms with E-state index in [1.54, 1.807) is 24.0 Å². The van der Waals surface area contributed by atoms with Gasteiger partial charge in [0.1, 0.15) is 6.10 Å². The van der Waals surface area contributed by atoms with Gasteiger partial charge in [0.2, 0.25) is 0 Å². The van der Waals surface area contributed by atoms with Crippen molar-refractivity contribution in [3.05, 3.63) is 63.7 Å². The highest BCUT2D eigenvalue weighted by molar-refractivity contribution is 7.20. The van der Waals surface area contributed by atoms with Gasteiger partial charge in [-0.25, -0.2) is 4.98 Å². The van der Waals surface area contributed by atoms with Crippen LogP contribution in [0, 0.1) is 17.0 Å². The van der Waals surface area contributed by atoms with Crippen molar-refractivity contribution in [1.29, 1.82) is 0 Å². The summed E-state index contributed by atoms with van der Waals surface area (Å²) in [5.74, 6) is -0.167. The molecule has 3 aromatic rings. The third-order valence-electron chi connectivity index (χ3n) is 5.00. The Bertz CT molecular complexity index is 1010. The summed E-state index contributed by atoms with van der Waals surface area (Å²) in [5, 5.41) is 11.8. The molecule has 0 bridgehead atoms. The zero-order valence-corrected chi connectivity index (χ0v) is 16.1. The minimum Gasteiger partial charge on any atom is -0.467 e. The molecule has 7 nitrogen and oxygen atoms in total. The number of thiazole rings is 1. The number of fused-ring (bicyclic) bond motifs is 1. The van der Waals surface area contributed by atoms with E-state index < -0.39 is 4.92 Å². The van der Waals surface area contributed by atoms with Crippen molar-refractivity contribution in [2.75, 3.05) is 13.1 Å². The van der Waals surface area contributed by atoms with Crippen molar-refractivity contribution in [1.82, 2.24) is 9.88 Å². The molecule has 1 aromatic heterocycles. The summed E-state index contributed by atoms with van der Waals surface area (Å²) in [6.45, 7) is 2.72. The molecule has 0 atom stereocenters. The first-order chi connectivity index (χ1) is 13.5. The molecule has 28 heavy (non-hydrogen) atoms. The van der Waals surface area contributed by atoms with E-state index in [1.807, 2.05) is 24.3 Å². The number of carbonyl (C=O) groups is 1. The van der Waals surface area contributed by atoms with Gasteiger partial charge in [-0.15, -0.1) is 0 Å². The molecule has 0 spiro atoms. The lowest BCUT2D eigenvalue weighted by molar-refractivity contribution is -0.385.